The number of rotatable bonds is 6. The molecule has 0 saturated carbocycles. The molecule has 0 spiro atoms. The molecule has 0 unspecified atom stereocenters. The van der Waals surface area contributed by atoms with E-state index in [2.05, 4.69) is 25.4 Å². The lowest BCUT2D eigenvalue weighted by Gasteiger charge is -2.06. The fourth-order valence-electron chi connectivity index (χ4n) is 3.09. The first-order chi connectivity index (χ1) is 15.6. The fourth-order valence-corrected chi connectivity index (χ4v) is 4.63. The van der Waals surface area contributed by atoms with E-state index in [-0.39, 0.29) is 17.2 Å². The number of amides is 1. The van der Waals surface area contributed by atoms with Crippen LogP contribution in [0.5, 0.6) is 5.75 Å². The van der Waals surface area contributed by atoms with Gasteiger partial charge in [-0.2, -0.15) is 5.10 Å². The average molecular weight is 465 g/mol. The molecule has 2 aromatic carbocycles. The van der Waals surface area contributed by atoms with Crippen molar-refractivity contribution in [3.8, 4) is 11.4 Å². The van der Waals surface area contributed by atoms with Crippen molar-refractivity contribution in [2.24, 2.45) is 0 Å². The van der Waals surface area contributed by atoms with E-state index < -0.39 is 0 Å². The smallest absolute Gasteiger partial charge is 0.262 e. The Labute approximate surface area is 189 Å². The Kier molecular flexibility index (Phi) is 5.33. The Bertz CT molecular complexity index is 1460. The van der Waals surface area contributed by atoms with Crippen LogP contribution in [0.3, 0.4) is 0 Å². The quantitative estimate of drug-likeness (QED) is 0.292. The summed E-state index contributed by atoms with van der Waals surface area (Å²) in [7, 11) is 1.59. The molecule has 11 heteroatoms. The van der Waals surface area contributed by atoms with Gasteiger partial charge < -0.3 is 15.0 Å². The average Bonchev–Trinajstić information content (AvgIpc) is 3.41. The Morgan fingerprint density at radius 3 is 2.78 bits per heavy atom. The molecule has 0 fully saturated rings. The van der Waals surface area contributed by atoms with Gasteiger partial charge in [0.1, 0.15) is 11.1 Å². The fraction of sp³-hybridized carbons (Fsp3) is 0.0952. The number of thiazole rings is 1. The van der Waals surface area contributed by atoms with Crippen LogP contribution in [0.25, 0.3) is 26.9 Å². The van der Waals surface area contributed by atoms with E-state index in [1.165, 1.54) is 17.5 Å². The standard InChI is InChI=1S/C21H16N6O3S2/c1-30-13-8-6-12(7-9-13)27-18-14(10-22-27)19(29)26-20(25-18)31-11-17(28)24-21-23-15-4-2-3-5-16(15)32-21/h2-10H,11H2,1H3,(H,23,24,28)(H,25,26,29). The largest absolute Gasteiger partial charge is 0.497 e. The minimum Gasteiger partial charge on any atom is -0.497 e. The molecule has 0 aliphatic heterocycles. The summed E-state index contributed by atoms with van der Waals surface area (Å²) in [5.74, 6) is 0.549. The second-order valence-electron chi connectivity index (χ2n) is 6.69. The van der Waals surface area contributed by atoms with Crippen LogP contribution >= 0.6 is 23.1 Å². The predicted octanol–water partition coefficient (Wildman–Crippen LogP) is 3.46. The summed E-state index contributed by atoms with van der Waals surface area (Å²) in [5, 5.41) is 8.32. The van der Waals surface area contributed by atoms with Crippen LogP contribution in [0.1, 0.15) is 0 Å². The van der Waals surface area contributed by atoms with Crippen molar-refractivity contribution in [3.63, 3.8) is 0 Å². The molecular weight excluding hydrogens is 448 g/mol. The molecular formula is C21H16N6O3S2. The normalized spacial score (nSPS) is 11.2. The van der Waals surface area contributed by atoms with Crippen LogP contribution in [-0.2, 0) is 4.79 Å². The van der Waals surface area contributed by atoms with Gasteiger partial charge >= 0.3 is 0 Å². The van der Waals surface area contributed by atoms with Gasteiger partial charge in [0.2, 0.25) is 5.91 Å². The first-order valence-corrected chi connectivity index (χ1v) is 11.3. The third-order valence-corrected chi connectivity index (χ3v) is 6.44. The number of carbonyl (C=O) groups is 1. The molecule has 5 rings (SSSR count). The van der Waals surface area contributed by atoms with Crippen LogP contribution < -0.4 is 15.6 Å². The highest BCUT2D eigenvalue weighted by molar-refractivity contribution is 7.99. The van der Waals surface area contributed by atoms with Crippen molar-refractivity contribution in [2.45, 2.75) is 5.16 Å². The minimum atomic E-state index is -0.316. The Balaban J connectivity index is 1.34. The number of thioether (sulfide) groups is 1. The predicted molar refractivity (Wildman–Crippen MR) is 125 cm³/mol. The third kappa shape index (κ3) is 3.95. The summed E-state index contributed by atoms with van der Waals surface area (Å²) < 4.78 is 7.76. The molecule has 0 aliphatic carbocycles. The molecule has 5 aromatic rings. The Morgan fingerprint density at radius 2 is 2.00 bits per heavy atom. The highest BCUT2D eigenvalue weighted by atomic mass is 32.2. The summed E-state index contributed by atoms with van der Waals surface area (Å²) in [4.78, 5) is 36.5. The van der Waals surface area contributed by atoms with Crippen LogP contribution in [0.4, 0.5) is 5.13 Å². The van der Waals surface area contributed by atoms with Crippen molar-refractivity contribution in [1.82, 2.24) is 24.7 Å². The number of aromatic amines is 1. The molecule has 3 aromatic heterocycles. The molecule has 9 nitrogen and oxygen atoms in total. The summed E-state index contributed by atoms with van der Waals surface area (Å²) in [6.07, 6.45) is 1.47. The molecule has 0 saturated heterocycles. The number of benzene rings is 2. The zero-order valence-corrected chi connectivity index (χ0v) is 18.4. The highest BCUT2D eigenvalue weighted by Gasteiger charge is 2.14. The van der Waals surface area contributed by atoms with E-state index >= 15 is 0 Å². The molecule has 2 N–H and O–H groups in total. The number of hydrogen-bond donors (Lipinski definition) is 2. The van der Waals surface area contributed by atoms with Crippen LogP contribution in [0.15, 0.2) is 64.7 Å². The number of hydrogen-bond acceptors (Lipinski definition) is 8. The summed E-state index contributed by atoms with van der Waals surface area (Å²) >= 11 is 2.54. The maximum absolute atomic E-state index is 12.5. The van der Waals surface area contributed by atoms with Crippen molar-refractivity contribution in [2.75, 3.05) is 18.2 Å². The second-order valence-corrected chi connectivity index (χ2v) is 8.68. The van der Waals surface area contributed by atoms with Crippen molar-refractivity contribution < 1.29 is 9.53 Å². The molecule has 1 amide bonds. The number of aromatic nitrogens is 5. The second kappa shape index (κ2) is 8.44. The third-order valence-electron chi connectivity index (χ3n) is 4.61. The zero-order chi connectivity index (χ0) is 22.1. The van der Waals surface area contributed by atoms with Crippen molar-refractivity contribution in [1.29, 1.82) is 0 Å². The molecule has 3 heterocycles. The number of para-hydroxylation sites is 1. The molecule has 0 aliphatic rings. The first kappa shape index (κ1) is 20.2. The van der Waals surface area contributed by atoms with E-state index in [1.54, 1.807) is 23.9 Å². The first-order valence-electron chi connectivity index (χ1n) is 9.51. The summed E-state index contributed by atoms with van der Waals surface area (Å²) in [6, 6.07) is 14.9. The summed E-state index contributed by atoms with van der Waals surface area (Å²) in [6.45, 7) is 0. The van der Waals surface area contributed by atoms with E-state index in [0.717, 1.165) is 27.7 Å². The van der Waals surface area contributed by atoms with Gasteiger partial charge in [-0.3, -0.25) is 9.59 Å². The molecule has 0 atom stereocenters. The van der Waals surface area contributed by atoms with Gasteiger partial charge in [-0.05, 0) is 36.4 Å². The number of fused-ring (bicyclic) bond motifs is 2. The maximum Gasteiger partial charge on any atom is 0.262 e. The van der Waals surface area contributed by atoms with Gasteiger partial charge in [-0.25, -0.2) is 14.6 Å². The maximum atomic E-state index is 12.5. The monoisotopic (exact) mass is 464 g/mol. The molecule has 32 heavy (non-hydrogen) atoms. The Hall–Kier alpha value is -3.70. The lowest BCUT2D eigenvalue weighted by Crippen LogP contribution is -2.15. The number of carbonyl (C=O) groups excluding carboxylic acids is 1. The lowest BCUT2D eigenvalue weighted by molar-refractivity contribution is -0.113. The van der Waals surface area contributed by atoms with E-state index in [0.29, 0.717) is 27.1 Å². The highest BCUT2D eigenvalue weighted by Crippen LogP contribution is 2.26. The zero-order valence-electron chi connectivity index (χ0n) is 16.7. The number of nitrogens with zero attached hydrogens (tertiary/aromatic N) is 4. The van der Waals surface area contributed by atoms with Gasteiger partial charge in [0.25, 0.3) is 5.56 Å². The van der Waals surface area contributed by atoms with E-state index in [1.807, 2.05) is 36.4 Å². The van der Waals surface area contributed by atoms with Crippen LogP contribution in [0, 0.1) is 0 Å². The minimum absolute atomic E-state index is 0.0705. The van der Waals surface area contributed by atoms with Crippen LogP contribution in [-0.4, -0.2) is 43.5 Å². The SMILES string of the molecule is COc1ccc(-n2ncc3c(=O)[nH]c(SCC(=O)Nc4nc5ccccc5s4)nc32)cc1. The van der Waals surface area contributed by atoms with Crippen molar-refractivity contribution in [3.05, 3.63) is 65.1 Å². The van der Waals surface area contributed by atoms with Gasteiger partial charge in [0.05, 0.1) is 35.0 Å². The van der Waals surface area contributed by atoms with Gasteiger partial charge in [-0.15, -0.1) is 0 Å². The molecule has 160 valence electrons. The van der Waals surface area contributed by atoms with E-state index in [9.17, 15) is 9.59 Å². The molecule has 0 radical (unpaired) electrons. The Morgan fingerprint density at radius 1 is 1.19 bits per heavy atom. The van der Waals surface area contributed by atoms with E-state index in [4.69, 9.17) is 4.74 Å². The number of ether oxygens (including phenoxy) is 1. The number of anilines is 1. The van der Waals surface area contributed by atoms with Gasteiger partial charge in [-0.1, -0.05) is 35.2 Å². The topological polar surface area (TPSA) is 115 Å². The van der Waals surface area contributed by atoms with Gasteiger partial charge in [0.15, 0.2) is 15.9 Å². The van der Waals surface area contributed by atoms with Gasteiger partial charge in [0, 0.05) is 0 Å². The number of H-pyrrole nitrogens is 1. The lowest BCUT2D eigenvalue weighted by atomic mass is 10.3. The molecule has 0 bridgehead atoms. The summed E-state index contributed by atoms with van der Waals surface area (Å²) in [5.41, 5.74) is 1.67. The number of methoxy groups -OCH3 is 1. The van der Waals surface area contributed by atoms with Crippen LogP contribution in [0.2, 0.25) is 0 Å². The van der Waals surface area contributed by atoms with Crippen molar-refractivity contribution >= 4 is 55.4 Å². The number of nitrogens with one attached hydrogen (secondary N) is 2.